The fourth-order valence-corrected chi connectivity index (χ4v) is 2.12. The third-order valence-electron chi connectivity index (χ3n) is 3.03. The Morgan fingerprint density at radius 1 is 1.05 bits per heavy atom. The Morgan fingerprint density at radius 2 is 1.64 bits per heavy atom. The van der Waals surface area contributed by atoms with Crippen LogP contribution >= 0.6 is 0 Å². The Labute approximate surface area is 130 Å². The van der Waals surface area contributed by atoms with Gasteiger partial charge in [0, 0.05) is 12.1 Å². The molecule has 22 heavy (non-hydrogen) atoms. The minimum atomic E-state index is -0.526. The molecule has 0 fully saturated rings. The second-order valence-corrected chi connectivity index (χ2v) is 6.03. The fraction of sp³-hybridized carbons (Fsp3) is 0.278. The molecule has 0 unspecified atom stereocenters. The molecule has 2 rings (SSSR count). The number of phenols is 1. The van der Waals surface area contributed by atoms with Gasteiger partial charge >= 0.3 is 6.09 Å². The summed E-state index contributed by atoms with van der Waals surface area (Å²) in [7, 11) is 0. The third kappa shape index (κ3) is 4.25. The monoisotopic (exact) mass is 299 g/mol. The third-order valence-corrected chi connectivity index (χ3v) is 3.03. The van der Waals surface area contributed by atoms with Crippen LogP contribution in [-0.2, 0) is 11.3 Å². The number of hydrogen-bond acceptors (Lipinski definition) is 3. The molecule has 0 aromatic heterocycles. The van der Waals surface area contributed by atoms with E-state index in [4.69, 9.17) is 4.74 Å². The number of phenolic OH excluding ortho intramolecular Hbond substituents is 1. The van der Waals surface area contributed by atoms with E-state index < -0.39 is 11.7 Å². The van der Waals surface area contributed by atoms with Crippen LogP contribution in [-0.4, -0.2) is 16.8 Å². The van der Waals surface area contributed by atoms with Crippen molar-refractivity contribution >= 4 is 6.09 Å². The molecule has 0 aliphatic rings. The molecule has 2 aromatic rings. The lowest BCUT2D eigenvalue weighted by Gasteiger charge is -2.20. The molecule has 0 heterocycles. The normalized spacial score (nSPS) is 11.0. The molecule has 0 aliphatic heterocycles. The molecule has 0 saturated carbocycles. The van der Waals surface area contributed by atoms with Crippen molar-refractivity contribution in [2.45, 2.75) is 32.9 Å². The maximum atomic E-state index is 11.8. The molecule has 0 radical (unpaired) electrons. The first-order valence-electron chi connectivity index (χ1n) is 7.20. The quantitative estimate of drug-likeness (QED) is 0.897. The molecule has 4 heteroatoms. The van der Waals surface area contributed by atoms with Crippen molar-refractivity contribution in [1.29, 1.82) is 0 Å². The molecule has 0 spiro atoms. The number of rotatable bonds is 3. The highest BCUT2D eigenvalue weighted by atomic mass is 16.6. The van der Waals surface area contributed by atoms with Gasteiger partial charge in [-0.15, -0.1) is 0 Å². The maximum Gasteiger partial charge on any atom is 0.407 e. The van der Waals surface area contributed by atoms with E-state index in [-0.39, 0.29) is 5.75 Å². The Kier molecular flexibility index (Phi) is 4.71. The topological polar surface area (TPSA) is 58.6 Å². The first-order valence-corrected chi connectivity index (χ1v) is 7.20. The lowest BCUT2D eigenvalue weighted by Crippen LogP contribution is -2.32. The number of alkyl carbamates (subject to hydrolysis) is 1. The van der Waals surface area contributed by atoms with E-state index in [1.54, 1.807) is 12.1 Å². The van der Waals surface area contributed by atoms with Crippen molar-refractivity contribution in [2.24, 2.45) is 0 Å². The van der Waals surface area contributed by atoms with E-state index in [9.17, 15) is 9.90 Å². The lowest BCUT2D eigenvalue weighted by atomic mass is 9.99. The minimum absolute atomic E-state index is 0.215. The average Bonchev–Trinajstić information content (AvgIpc) is 2.44. The molecule has 1 amide bonds. The first-order chi connectivity index (χ1) is 10.4. The molecular weight excluding hydrogens is 278 g/mol. The summed E-state index contributed by atoms with van der Waals surface area (Å²) >= 11 is 0. The summed E-state index contributed by atoms with van der Waals surface area (Å²) < 4.78 is 5.23. The highest BCUT2D eigenvalue weighted by Crippen LogP contribution is 2.31. The maximum absolute atomic E-state index is 11.8. The zero-order valence-electron chi connectivity index (χ0n) is 13.1. The van der Waals surface area contributed by atoms with Gasteiger partial charge in [0.2, 0.25) is 0 Å². The average molecular weight is 299 g/mol. The Bertz CT molecular complexity index is 659. The predicted molar refractivity (Wildman–Crippen MR) is 86.6 cm³/mol. The van der Waals surface area contributed by atoms with E-state index in [1.807, 2.05) is 57.2 Å². The van der Waals surface area contributed by atoms with E-state index in [0.29, 0.717) is 6.54 Å². The fourth-order valence-electron chi connectivity index (χ4n) is 2.12. The van der Waals surface area contributed by atoms with E-state index in [2.05, 4.69) is 5.32 Å². The van der Waals surface area contributed by atoms with Crippen molar-refractivity contribution in [1.82, 2.24) is 5.32 Å². The molecule has 2 aromatic carbocycles. The van der Waals surface area contributed by atoms with Gasteiger partial charge < -0.3 is 15.2 Å². The Balaban J connectivity index is 2.16. The summed E-state index contributed by atoms with van der Waals surface area (Å²) in [4.78, 5) is 11.8. The van der Waals surface area contributed by atoms with Crippen molar-refractivity contribution in [3.63, 3.8) is 0 Å². The molecule has 0 saturated heterocycles. The van der Waals surface area contributed by atoms with Crippen LogP contribution in [0.4, 0.5) is 4.79 Å². The van der Waals surface area contributed by atoms with Gasteiger partial charge in [0.25, 0.3) is 0 Å². The zero-order chi connectivity index (χ0) is 16.2. The number of carbonyl (C=O) groups excluding carboxylic acids is 1. The van der Waals surface area contributed by atoms with Gasteiger partial charge in [-0.05, 0) is 38.0 Å². The molecule has 0 bridgehead atoms. The van der Waals surface area contributed by atoms with Crippen molar-refractivity contribution in [2.75, 3.05) is 0 Å². The van der Waals surface area contributed by atoms with Crippen LogP contribution in [0.25, 0.3) is 11.1 Å². The smallest absolute Gasteiger partial charge is 0.407 e. The summed E-state index contributed by atoms with van der Waals surface area (Å²) in [5, 5.41) is 12.7. The zero-order valence-corrected chi connectivity index (χ0v) is 13.1. The lowest BCUT2D eigenvalue weighted by molar-refractivity contribution is 0.0523. The number of para-hydroxylation sites is 1. The predicted octanol–water partition coefficient (Wildman–Crippen LogP) is 4.08. The second kappa shape index (κ2) is 6.52. The summed E-state index contributed by atoms with van der Waals surface area (Å²) in [5.74, 6) is 0.215. The number of hydrogen-bond donors (Lipinski definition) is 2. The Hall–Kier alpha value is -2.49. The summed E-state index contributed by atoms with van der Waals surface area (Å²) in [6.45, 7) is 5.80. The molecular formula is C18H21NO3. The van der Waals surface area contributed by atoms with Crippen LogP contribution in [0.1, 0.15) is 26.3 Å². The number of benzene rings is 2. The molecule has 2 N–H and O–H groups in total. The number of aromatic hydroxyl groups is 1. The highest BCUT2D eigenvalue weighted by molar-refractivity contribution is 5.74. The SMILES string of the molecule is CC(C)(C)OC(=O)NCc1ccccc1-c1ccccc1O. The van der Waals surface area contributed by atoms with E-state index in [0.717, 1.165) is 16.7 Å². The van der Waals surface area contributed by atoms with Gasteiger partial charge in [-0.25, -0.2) is 4.79 Å². The molecule has 0 aliphatic carbocycles. The van der Waals surface area contributed by atoms with E-state index in [1.165, 1.54) is 0 Å². The van der Waals surface area contributed by atoms with Gasteiger partial charge in [0.1, 0.15) is 11.4 Å². The van der Waals surface area contributed by atoms with Crippen molar-refractivity contribution in [3.8, 4) is 16.9 Å². The van der Waals surface area contributed by atoms with Gasteiger partial charge in [0.05, 0.1) is 0 Å². The van der Waals surface area contributed by atoms with Crippen LogP contribution in [0.3, 0.4) is 0 Å². The summed E-state index contributed by atoms with van der Waals surface area (Å²) in [5.41, 5.74) is 2.01. The van der Waals surface area contributed by atoms with Crippen molar-refractivity contribution < 1.29 is 14.6 Å². The largest absolute Gasteiger partial charge is 0.507 e. The van der Waals surface area contributed by atoms with Crippen LogP contribution in [0.15, 0.2) is 48.5 Å². The minimum Gasteiger partial charge on any atom is -0.507 e. The number of amides is 1. The van der Waals surface area contributed by atoms with Crippen LogP contribution in [0.2, 0.25) is 0 Å². The van der Waals surface area contributed by atoms with Crippen molar-refractivity contribution in [3.05, 3.63) is 54.1 Å². The van der Waals surface area contributed by atoms with Crippen LogP contribution in [0, 0.1) is 0 Å². The number of carbonyl (C=O) groups is 1. The van der Waals surface area contributed by atoms with Crippen LogP contribution < -0.4 is 5.32 Å². The number of nitrogens with one attached hydrogen (secondary N) is 1. The molecule has 116 valence electrons. The Morgan fingerprint density at radius 3 is 2.27 bits per heavy atom. The van der Waals surface area contributed by atoms with E-state index >= 15 is 0 Å². The van der Waals surface area contributed by atoms with Gasteiger partial charge in [0.15, 0.2) is 0 Å². The standard InChI is InChI=1S/C18H21NO3/c1-18(2,3)22-17(21)19-12-13-8-4-5-9-14(13)15-10-6-7-11-16(15)20/h4-11,20H,12H2,1-3H3,(H,19,21). The van der Waals surface area contributed by atoms with Gasteiger partial charge in [-0.1, -0.05) is 42.5 Å². The van der Waals surface area contributed by atoms with Crippen LogP contribution in [0.5, 0.6) is 5.75 Å². The summed E-state index contributed by atoms with van der Waals surface area (Å²) in [6, 6.07) is 14.8. The first kappa shape index (κ1) is 15.9. The summed E-state index contributed by atoms with van der Waals surface area (Å²) in [6.07, 6.45) is -0.459. The second-order valence-electron chi connectivity index (χ2n) is 6.03. The number of ether oxygens (including phenoxy) is 1. The molecule has 4 nitrogen and oxygen atoms in total. The van der Waals surface area contributed by atoms with Gasteiger partial charge in [-0.2, -0.15) is 0 Å². The highest BCUT2D eigenvalue weighted by Gasteiger charge is 2.16. The van der Waals surface area contributed by atoms with Gasteiger partial charge in [-0.3, -0.25) is 0 Å². The molecule has 0 atom stereocenters.